The maximum absolute atomic E-state index is 12.8. The van der Waals surface area contributed by atoms with Crippen molar-refractivity contribution < 1.29 is 24.6 Å². The van der Waals surface area contributed by atoms with Crippen LogP contribution in [0.3, 0.4) is 0 Å². The van der Waals surface area contributed by atoms with E-state index in [1.165, 1.54) is 47.5 Å². The van der Waals surface area contributed by atoms with Crippen molar-refractivity contribution in [3.63, 3.8) is 0 Å². The number of carboxylic acids is 1. The summed E-state index contributed by atoms with van der Waals surface area (Å²) in [6, 6.07) is 4.29. The van der Waals surface area contributed by atoms with Crippen LogP contribution in [0.5, 0.6) is 5.75 Å². The van der Waals surface area contributed by atoms with E-state index in [4.69, 9.17) is 0 Å². The van der Waals surface area contributed by atoms with Crippen LogP contribution in [0.4, 0.5) is 0 Å². The maximum Gasteiger partial charge on any atom is 0.327 e. The minimum Gasteiger partial charge on any atom is -0.508 e. The Kier molecular flexibility index (Phi) is 15.1. The molecule has 2 amide bonds. The summed E-state index contributed by atoms with van der Waals surface area (Å²) in [6.07, 6.45) is 10.9. The van der Waals surface area contributed by atoms with Crippen LogP contribution >= 0.6 is 11.8 Å². The molecule has 0 aliphatic carbocycles. The largest absolute Gasteiger partial charge is 0.508 e. The summed E-state index contributed by atoms with van der Waals surface area (Å²) in [5.41, 5.74) is 4.71. The molecule has 4 N–H and O–H groups in total. The number of benzene rings is 1. The number of rotatable bonds is 16. The number of carbonyl (C=O) groups is 3. The van der Waals surface area contributed by atoms with E-state index in [0.717, 1.165) is 31.2 Å². The zero-order chi connectivity index (χ0) is 27.8. The normalized spacial score (nSPS) is 13.4. The van der Waals surface area contributed by atoms with Gasteiger partial charge >= 0.3 is 5.97 Å². The van der Waals surface area contributed by atoms with Crippen molar-refractivity contribution in [3.8, 4) is 5.75 Å². The summed E-state index contributed by atoms with van der Waals surface area (Å²) >= 11 is 1.44. The lowest BCUT2D eigenvalue weighted by atomic mass is 10.0. The quantitative estimate of drug-likeness (QED) is 0.173. The molecule has 0 saturated heterocycles. The number of nitrogens with one attached hydrogen (secondary N) is 2. The average molecular weight is 531 g/mol. The lowest BCUT2D eigenvalue weighted by molar-refractivity contribution is -0.141. The number of carboxylic acid groups (broad SMARTS) is 1. The second-order valence-corrected chi connectivity index (χ2v) is 10.6. The first-order valence-corrected chi connectivity index (χ1v) is 13.7. The van der Waals surface area contributed by atoms with Crippen LogP contribution in [0.1, 0.15) is 65.9 Å². The van der Waals surface area contributed by atoms with Crippen molar-refractivity contribution in [1.82, 2.24) is 10.6 Å². The summed E-state index contributed by atoms with van der Waals surface area (Å²) in [4.78, 5) is 36.2. The number of thioether (sulfide) groups is 1. The third kappa shape index (κ3) is 15.0. The molecule has 0 aliphatic heterocycles. The van der Waals surface area contributed by atoms with E-state index in [1.54, 1.807) is 12.1 Å². The first-order valence-electron chi connectivity index (χ1n) is 12.6. The van der Waals surface area contributed by atoms with Crippen LogP contribution in [0, 0.1) is 0 Å². The van der Waals surface area contributed by atoms with Crippen LogP contribution in [0.15, 0.2) is 59.2 Å². The van der Waals surface area contributed by atoms with Gasteiger partial charge < -0.3 is 20.8 Å². The Hall–Kier alpha value is -3.00. The average Bonchev–Trinajstić information content (AvgIpc) is 2.81. The zero-order valence-electron chi connectivity index (χ0n) is 22.7. The predicted octanol–water partition coefficient (Wildman–Crippen LogP) is 5.16. The van der Waals surface area contributed by atoms with Gasteiger partial charge in [-0.25, -0.2) is 4.79 Å². The highest BCUT2D eigenvalue weighted by Crippen LogP contribution is 2.14. The third-order valence-corrected chi connectivity index (χ3v) is 6.61. The van der Waals surface area contributed by atoms with E-state index in [0.29, 0.717) is 5.75 Å². The van der Waals surface area contributed by atoms with Gasteiger partial charge in [-0.3, -0.25) is 9.59 Å². The molecule has 8 heteroatoms. The van der Waals surface area contributed by atoms with Gasteiger partial charge in [0.25, 0.3) is 0 Å². The molecule has 204 valence electrons. The van der Waals surface area contributed by atoms with E-state index < -0.39 is 29.9 Å². The Labute approximate surface area is 225 Å². The molecule has 0 spiro atoms. The summed E-state index contributed by atoms with van der Waals surface area (Å²) in [7, 11) is 0. The number of allylic oxidation sites excluding steroid dienone is 5. The van der Waals surface area contributed by atoms with E-state index in [2.05, 4.69) is 56.6 Å². The van der Waals surface area contributed by atoms with E-state index >= 15 is 0 Å². The van der Waals surface area contributed by atoms with Crippen LogP contribution in [0.25, 0.3) is 0 Å². The zero-order valence-corrected chi connectivity index (χ0v) is 23.5. The standard InChI is InChI=1S/C29H42N2O5S/c1-20(2)8-6-9-21(3)10-7-11-22(4)16-17-37-19-27(29(35)36)31-28(34)26(30-23(5)32)18-24-12-14-25(33)15-13-24/h8,10,12-16,26-27,33H,6-7,9,11,17-19H2,1-5H3,(H,30,32)(H,31,34)(H,35,36)/b21-10+,22-16+/t26-,27+/m1/s1. The number of phenolic OH excluding ortho intramolecular Hbond substituents is 1. The van der Waals surface area contributed by atoms with Crippen molar-refractivity contribution >= 4 is 29.5 Å². The summed E-state index contributed by atoms with van der Waals surface area (Å²) < 4.78 is 0. The fourth-order valence-corrected chi connectivity index (χ4v) is 4.50. The second kappa shape index (κ2) is 17.5. The number of aliphatic carboxylic acids is 1. The molecule has 37 heavy (non-hydrogen) atoms. The van der Waals surface area contributed by atoms with Gasteiger partial charge in [0, 0.05) is 24.9 Å². The Balaban J connectivity index is 2.56. The lowest BCUT2D eigenvalue weighted by Crippen LogP contribution is -2.52. The molecule has 0 heterocycles. The molecule has 0 saturated carbocycles. The van der Waals surface area contributed by atoms with Gasteiger partial charge in [-0.2, -0.15) is 11.8 Å². The number of hydrogen-bond acceptors (Lipinski definition) is 5. The maximum atomic E-state index is 12.8. The highest BCUT2D eigenvalue weighted by atomic mass is 32.2. The number of hydrogen-bond donors (Lipinski definition) is 4. The highest BCUT2D eigenvalue weighted by molar-refractivity contribution is 7.99. The molecule has 0 unspecified atom stereocenters. The molecule has 0 aromatic heterocycles. The number of amides is 2. The van der Waals surface area contributed by atoms with Gasteiger partial charge in [0.1, 0.15) is 17.8 Å². The first kappa shape index (κ1) is 32.0. The molecule has 0 aliphatic rings. The number of carbonyl (C=O) groups excluding carboxylic acids is 2. The van der Waals surface area contributed by atoms with Gasteiger partial charge in [0.2, 0.25) is 11.8 Å². The molecular formula is C29H42N2O5S. The number of phenols is 1. The molecule has 7 nitrogen and oxygen atoms in total. The Morgan fingerprint density at radius 2 is 1.46 bits per heavy atom. The van der Waals surface area contributed by atoms with Gasteiger partial charge in [-0.05, 0) is 71.1 Å². The van der Waals surface area contributed by atoms with Crippen LogP contribution in [0.2, 0.25) is 0 Å². The summed E-state index contributed by atoms with van der Waals surface area (Å²) in [5.74, 6) is -1.12. The molecule has 1 rings (SSSR count). The molecule has 0 radical (unpaired) electrons. The van der Waals surface area contributed by atoms with Crippen molar-refractivity contribution in [3.05, 3.63) is 64.8 Å². The topological polar surface area (TPSA) is 116 Å². The molecule has 0 bridgehead atoms. The molecular weight excluding hydrogens is 488 g/mol. The Morgan fingerprint density at radius 3 is 2.03 bits per heavy atom. The monoisotopic (exact) mass is 530 g/mol. The minimum absolute atomic E-state index is 0.0956. The summed E-state index contributed by atoms with van der Waals surface area (Å²) in [5, 5.41) is 24.2. The van der Waals surface area contributed by atoms with Crippen LogP contribution in [-0.2, 0) is 20.8 Å². The van der Waals surface area contributed by atoms with Crippen molar-refractivity contribution in [2.24, 2.45) is 0 Å². The predicted molar refractivity (Wildman–Crippen MR) is 152 cm³/mol. The van der Waals surface area contributed by atoms with Gasteiger partial charge in [-0.15, -0.1) is 0 Å². The van der Waals surface area contributed by atoms with Gasteiger partial charge in [0.05, 0.1) is 0 Å². The smallest absolute Gasteiger partial charge is 0.327 e. The van der Waals surface area contributed by atoms with E-state index in [-0.39, 0.29) is 17.9 Å². The van der Waals surface area contributed by atoms with Crippen LogP contribution in [-0.4, -0.2) is 51.6 Å². The molecule has 1 aromatic rings. The van der Waals surface area contributed by atoms with E-state index in [9.17, 15) is 24.6 Å². The SMILES string of the molecule is CC(=O)N[C@H](Cc1ccc(O)cc1)C(=O)N[C@@H](CSC/C=C(\C)CC/C=C(\C)CCC=C(C)C)C(=O)O. The highest BCUT2D eigenvalue weighted by Gasteiger charge is 2.26. The Morgan fingerprint density at radius 1 is 0.865 bits per heavy atom. The van der Waals surface area contributed by atoms with E-state index in [1.807, 2.05) is 0 Å². The van der Waals surface area contributed by atoms with Gasteiger partial charge in [0.15, 0.2) is 0 Å². The lowest BCUT2D eigenvalue weighted by Gasteiger charge is -2.21. The fraction of sp³-hybridized carbons (Fsp3) is 0.483. The summed E-state index contributed by atoms with van der Waals surface area (Å²) in [6.45, 7) is 9.76. The van der Waals surface area contributed by atoms with Crippen molar-refractivity contribution in [1.29, 1.82) is 0 Å². The van der Waals surface area contributed by atoms with Crippen LogP contribution < -0.4 is 10.6 Å². The minimum atomic E-state index is -1.12. The molecule has 1 aromatic carbocycles. The van der Waals surface area contributed by atoms with Gasteiger partial charge in [-0.1, -0.05) is 47.1 Å². The molecule has 2 atom stereocenters. The number of aromatic hydroxyl groups is 1. The fourth-order valence-electron chi connectivity index (χ4n) is 3.50. The third-order valence-electron chi connectivity index (χ3n) is 5.64. The van der Waals surface area contributed by atoms with Crippen molar-refractivity contribution in [2.75, 3.05) is 11.5 Å². The molecule has 0 fully saturated rings. The Bertz CT molecular complexity index is 979. The first-order chi connectivity index (χ1) is 17.5. The second-order valence-electron chi connectivity index (χ2n) is 9.52. The van der Waals surface area contributed by atoms with Crippen molar-refractivity contribution in [2.45, 2.75) is 78.8 Å².